The highest BCUT2D eigenvalue weighted by molar-refractivity contribution is 5.48. The van der Waals surface area contributed by atoms with Crippen molar-refractivity contribution in [3.63, 3.8) is 0 Å². The van der Waals surface area contributed by atoms with Gasteiger partial charge in [-0.3, -0.25) is 9.69 Å². The minimum atomic E-state index is 0.830. The number of rotatable bonds is 4. The van der Waals surface area contributed by atoms with Gasteiger partial charge in [-0.15, -0.1) is 0 Å². The van der Waals surface area contributed by atoms with Crippen LogP contribution >= 0.6 is 0 Å². The standard InChI is InChI=1S/C9H18N3O/c1-10(2)3-4-11-5-7-12(9-13)8-6-11/h3-8H2,1-2H3. The molecule has 0 saturated carbocycles. The van der Waals surface area contributed by atoms with Crippen molar-refractivity contribution in [2.45, 2.75) is 0 Å². The molecule has 0 aliphatic carbocycles. The van der Waals surface area contributed by atoms with E-state index in [9.17, 15) is 4.79 Å². The third-order valence-corrected chi connectivity index (χ3v) is 2.36. The summed E-state index contributed by atoms with van der Waals surface area (Å²) >= 11 is 0. The fourth-order valence-corrected chi connectivity index (χ4v) is 1.40. The Morgan fingerprint density at radius 1 is 1.23 bits per heavy atom. The molecule has 0 aromatic heterocycles. The van der Waals surface area contributed by atoms with Gasteiger partial charge in [-0.25, -0.2) is 0 Å². The predicted molar refractivity (Wildman–Crippen MR) is 52.3 cm³/mol. The first-order chi connectivity index (χ1) is 6.22. The van der Waals surface area contributed by atoms with E-state index in [-0.39, 0.29) is 0 Å². The second-order valence-electron chi connectivity index (χ2n) is 3.72. The van der Waals surface area contributed by atoms with Crippen LogP contribution in [0.25, 0.3) is 0 Å². The Morgan fingerprint density at radius 2 is 1.85 bits per heavy atom. The van der Waals surface area contributed by atoms with Gasteiger partial charge in [0.1, 0.15) is 0 Å². The first-order valence-corrected chi connectivity index (χ1v) is 4.72. The second-order valence-corrected chi connectivity index (χ2v) is 3.72. The number of hydrogen-bond acceptors (Lipinski definition) is 3. The minimum absolute atomic E-state index is 0.830. The summed E-state index contributed by atoms with van der Waals surface area (Å²) in [7, 11) is 4.16. The van der Waals surface area contributed by atoms with E-state index in [0.29, 0.717) is 0 Å². The molecule has 1 aliphatic heterocycles. The van der Waals surface area contributed by atoms with Crippen LogP contribution in [0.2, 0.25) is 0 Å². The third-order valence-electron chi connectivity index (χ3n) is 2.36. The first kappa shape index (κ1) is 10.5. The van der Waals surface area contributed by atoms with E-state index >= 15 is 0 Å². The van der Waals surface area contributed by atoms with Crippen LogP contribution in [-0.4, -0.2) is 74.5 Å². The van der Waals surface area contributed by atoms with Crippen molar-refractivity contribution in [3.8, 4) is 0 Å². The smallest absolute Gasteiger partial charge is 0.312 e. The Hall–Kier alpha value is -0.610. The van der Waals surface area contributed by atoms with E-state index in [2.05, 4.69) is 23.9 Å². The van der Waals surface area contributed by atoms with E-state index in [0.717, 1.165) is 39.3 Å². The zero-order chi connectivity index (χ0) is 9.68. The van der Waals surface area contributed by atoms with Crippen molar-refractivity contribution >= 4 is 6.41 Å². The van der Waals surface area contributed by atoms with Crippen molar-refractivity contribution in [3.05, 3.63) is 0 Å². The Morgan fingerprint density at radius 3 is 2.31 bits per heavy atom. The van der Waals surface area contributed by atoms with Crippen LogP contribution in [-0.2, 0) is 4.79 Å². The highest BCUT2D eigenvalue weighted by Crippen LogP contribution is 1.98. The molecular formula is C9H18N3O. The van der Waals surface area contributed by atoms with Crippen molar-refractivity contribution in [1.82, 2.24) is 14.7 Å². The number of nitrogens with zero attached hydrogens (tertiary/aromatic N) is 3. The average Bonchev–Trinajstić information content (AvgIpc) is 2.15. The van der Waals surface area contributed by atoms with Crippen LogP contribution in [0.5, 0.6) is 0 Å². The minimum Gasteiger partial charge on any atom is -0.332 e. The molecule has 1 heterocycles. The molecule has 0 unspecified atom stereocenters. The highest BCUT2D eigenvalue weighted by atomic mass is 16.1. The van der Waals surface area contributed by atoms with Gasteiger partial charge in [-0.1, -0.05) is 0 Å². The van der Waals surface area contributed by atoms with Crippen LogP contribution in [0.4, 0.5) is 0 Å². The Labute approximate surface area is 80.1 Å². The van der Waals surface area contributed by atoms with Gasteiger partial charge in [0.2, 0.25) is 0 Å². The fourth-order valence-electron chi connectivity index (χ4n) is 1.40. The van der Waals surface area contributed by atoms with Crippen LogP contribution in [0, 0.1) is 0 Å². The van der Waals surface area contributed by atoms with Crippen LogP contribution in [0.15, 0.2) is 0 Å². The zero-order valence-electron chi connectivity index (χ0n) is 8.49. The van der Waals surface area contributed by atoms with Crippen LogP contribution < -0.4 is 0 Å². The summed E-state index contributed by atoms with van der Waals surface area (Å²) < 4.78 is 0. The van der Waals surface area contributed by atoms with E-state index in [1.165, 1.54) is 0 Å². The maximum atomic E-state index is 10.3. The van der Waals surface area contributed by atoms with Crippen LogP contribution in [0.3, 0.4) is 0 Å². The Balaban J connectivity index is 2.14. The van der Waals surface area contributed by atoms with Gasteiger partial charge < -0.3 is 9.80 Å². The average molecular weight is 184 g/mol. The van der Waals surface area contributed by atoms with Gasteiger partial charge in [0.25, 0.3) is 0 Å². The normalized spacial score (nSPS) is 19.5. The molecule has 0 bridgehead atoms. The SMILES string of the molecule is CN(C)CCN1CCN([C]=O)CC1. The van der Waals surface area contributed by atoms with Crippen molar-refractivity contribution < 1.29 is 4.79 Å². The largest absolute Gasteiger partial charge is 0.332 e. The molecule has 0 spiro atoms. The third kappa shape index (κ3) is 3.74. The summed E-state index contributed by atoms with van der Waals surface area (Å²) in [5, 5.41) is 0. The van der Waals surface area contributed by atoms with Crippen molar-refractivity contribution in [2.24, 2.45) is 0 Å². The first-order valence-electron chi connectivity index (χ1n) is 4.72. The fraction of sp³-hybridized carbons (Fsp3) is 0.889. The van der Waals surface area contributed by atoms with Gasteiger partial charge in [-0.05, 0) is 14.1 Å². The molecule has 4 nitrogen and oxygen atoms in total. The molecule has 4 heteroatoms. The van der Waals surface area contributed by atoms with Gasteiger partial charge in [0.15, 0.2) is 0 Å². The molecule has 1 aliphatic rings. The molecule has 1 fully saturated rings. The molecule has 1 saturated heterocycles. The van der Waals surface area contributed by atoms with E-state index in [1.807, 2.05) is 6.41 Å². The number of amides is 1. The molecule has 0 atom stereocenters. The molecule has 1 amide bonds. The molecule has 0 aromatic rings. The summed E-state index contributed by atoms with van der Waals surface area (Å²) in [5.41, 5.74) is 0. The van der Waals surface area contributed by atoms with Crippen LogP contribution in [0.1, 0.15) is 0 Å². The quantitative estimate of drug-likeness (QED) is 0.574. The number of likely N-dealkylation sites (N-methyl/N-ethyl adjacent to an activating group) is 1. The summed E-state index contributed by atoms with van der Waals surface area (Å²) in [6, 6.07) is 0. The number of piperazine rings is 1. The topological polar surface area (TPSA) is 26.8 Å². The lowest BCUT2D eigenvalue weighted by molar-refractivity contribution is 0.166. The number of carbonyl (C=O) groups excluding carboxylic acids is 1. The molecule has 13 heavy (non-hydrogen) atoms. The molecule has 1 rings (SSSR count). The van der Waals surface area contributed by atoms with Gasteiger partial charge in [0.05, 0.1) is 0 Å². The monoisotopic (exact) mass is 184 g/mol. The lowest BCUT2D eigenvalue weighted by Gasteiger charge is -2.32. The van der Waals surface area contributed by atoms with E-state index in [1.54, 1.807) is 4.90 Å². The lowest BCUT2D eigenvalue weighted by atomic mass is 10.3. The van der Waals surface area contributed by atoms with Crippen molar-refractivity contribution in [2.75, 3.05) is 53.4 Å². The zero-order valence-corrected chi connectivity index (χ0v) is 8.49. The summed E-state index contributed by atoms with van der Waals surface area (Å²) in [6.45, 7) is 5.82. The van der Waals surface area contributed by atoms with Gasteiger partial charge >= 0.3 is 6.41 Å². The Bertz CT molecular complexity index is 153. The Kier molecular flexibility index (Phi) is 4.18. The lowest BCUT2D eigenvalue weighted by Crippen LogP contribution is -2.47. The van der Waals surface area contributed by atoms with E-state index < -0.39 is 0 Å². The maximum absolute atomic E-state index is 10.3. The second kappa shape index (κ2) is 5.19. The molecule has 0 N–H and O–H groups in total. The molecule has 75 valence electrons. The van der Waals surface area contributed by atoms with Gasteiger partial charge in [-0.2, -0.15) is 0 Å². The summed E-state index contributed by atoms with van der Waals surface area (Å²) in [5.74, 6) is 0. The molecule has 1 radical (unpaired) electrons. The van der Waals surface area contributed by atoms with E-state index in [4.69, 9.17) is 0 Å². The predicted octanol–water partition coefficient (Wildman–Crippen LogP) is -0.767. The maximum Gasteiger partial charge on any atom is 0.312 e. The van der Waals surface area contributed by atoms with Gasteiger partial charge in [0, 0.05) is 39.3 Å². The summed E-state index contributed by atoms with van der Waals surface area (Å²) in [6.07, 6.45) is 1.94. The molecular weight excluding hydrogens is 166 g/mol. The van der Waals surface area contributed by atoms with Crippen molar-refractivity contribution in [1.29, 1.82) is 0 Å². The highest BCUT2D eigenvalue weighted by Gasteiger charge is 2.15. The number of hydrogen-bond donors (Lipinski definition) is 0. The molecule has 0 aromatic carbocycles. The summed E-state index contributed by atoms with van der Waals surface area (Å²) in [4.78, 5) is 16.6.